The van der Waals surface area contributed by atoms with Gasteiger partial charge in [-0.1, -0.05) is 0 Å². The lowest BCUT2D eigenvalue weighted by molar-refractivity contribution is -0.542. The topological polar surface area (TPSA) is 216 Å². The van der Waals surface area contributed by atoms with E-state index in [1.807, 2.05) is 0 Å². The third kappa shape index (κ3) is 11.6. The van der Waals surface area contributed by atoms with Crippen molar-refractivity contribution in [2.75, 3.05) is 13.2 Å². The molecule has 0 aromatic carbocycles. The Hall–Kier alpha value is -2.50. The molecule has 16 heteroatoms. The number of carbonyl (C=O) groups excluding carboxylic acids is 1. The zero-order valence-electron chi connectivity index (χ0n) is 32.7. The van der Waals surface area contributed by atoms with Crippen molar-refractivity contribution >= 4 is 11.9 Å². The summed E-state index contributed by atoms with van der Waals surface area (Å²) in [6, 6.07) is -1.93. The van der Waals surface area contributed by atoms with Crippen molar-refractivity contribution in [2.24, 2.45) is 35.5 Å². The van der Waals surface area contributed by atoms with Gasteiger partial charge in [0.25, 0.3) is 0 Å². The number of hydrogen-bond donors (Lipinski definition) is 2. The molecule has 2 N–H and O–H groups in total. The molecule has 0 amide bonds. The van der Waals surface area contributed by atoms with Crippen molar-refractivity contribution < 1.29 is 58.7 Å². The number of rotatable bonds is 16. The van der Waals surface area contributed by atoms with Gasteiger partial charge in [0.05, 0.1) is 55.6 Å². The van der Waals surface area contributed by atoms with E-state index in [4.69, 9.17) is 29.2 Å². The summed E-state index contributed by atoms with van der Waals surface area (Å²) in [5.41, 5.74) is 0. The van der Waals surface area contributed by atoms with E-state index in [0.29, 0.717) is 31.8 Å². The van der Waals surface area contributed by atoms with E-state index in [2.05, 4.69) is 4.89 Å². The lowest BCUT2D eigenvalue weighted by Gasteiger charge is -2.40. The number of ether oxygens (including phenoxy) is 3. The molecule has 6 saturated carbocycles. The molecule has 56 heavy (non-hydrogen) atoms. The summed E-state index contributed by atoms with van der Waals surface area (Å²) in [7, 11) is 0. The Labute approximate surface area is 329 Å². The fraction of sp³-hybridized carbons (Fsp3) is 0.950. The lowest BCUT2D eigenvalue weighted by Crippen LogP contribution is -2.47. The smallest absolute Gasteiger partial charge is 0.317 e. The minimum atomic E-state index is -1.24. The molecule has 6 aliphatic rings. The number of nitro groups is 2. The summed E-state index contributed by atoms with van der Waals surface area (Å²) >= 11 is 0. The predicted molar refractivity (Wildman–Crippen MR) is 198 cm³/mol. The van der Waals surface area contributed by atoms with E-state index in [1.165, 1.54) is 25.7 Å². The molecule has 0 saturated heterocycles. The van der Waals surface area contributed by atoms with Gasteiger partial charge in [0.2, 0.25) is 12.1 Å². The number of carboxylic acids is 1. The summed E-state index contributed by atoms with van der Waals surface area (Å²) in [6.45, 7) is 0.181. The van der Waals surface area contributed by atoms with Gasteiger partial charge in [-0.05, 0) is 146 Å². The summed E-state index contributed by atoms with van der Waals surface area (Å²) in [5, 5.41) is 41.8. The van der Waals surface area contributed by atoms with Crippen molar-refractivity contribution in [1.29, 1.82) is 0 Å². The number of nitrogens with zero attached hydrogens (tertiary/aromatic N) is 2. The van der Waals surface area contributed by atoms with E-state index < -0.39 is 40.8 Å². The second-order valence-corrected chi connectivity index (χ2v) is 17.7. The molecule has 6 fully saturated rings. The molecule has 0 bridgehead atoms. The highest BCUT2D eigenvalue weighted by molar-refractivity contribution is 5.82. The summed E-state index contributed by atoms with van der Waals surface area (Å²) < 4.78 is 18.8. The molecule has 0 spiro atoms. The second kappa shape index (κ2) is 21.0. The standard InChI is InChI=1S/C40H64N2O14/c43-39(44)34-4-2-6-37(42(48)49)38(34)40(45)55-32-17-15-30(16-18-32)53-28-11-7-25(8-12-28)26-9-13-29(14-10-26)54-31-19-21-33(22-20-31)56-52-24-35-27(23-51-50)3-1-5-36(35)41(46)47/h25-38,50H,1-24H2,(H,43,44). The van der Waals surface area contributed by atoms with Crippen LogP contribution in [0.2, 0.25) is 0 Å². The Morgan fingerprint density at radius 3 is 1.54 bits per heavy atom. The zero-order chi connectivity index (χ0) is 39.6. The van der Waals surface area contributed by atoms with E-state index >= 15 is 0 Å². The molecule has 6 aliphatic carbocycles. The van der Waals surface area contributed by atoms with Crippen molar-refractivity contribution in [3.63, 3.8) is 0 Å². The Balaban J connectivity index is 0.820. The third-order valence-electron chi connectivity index (χ3n) is 14.3. The fourth-order valence-electron chi connectivity index (χ4n) is 11.1. The maximum Gasteiger partial charge on any atom is 0.317 e. The minimum Gasteiger partial charge on any atom is -0.481 e. The van der Waals surface area contributed by atoms with Gasteiger partial charge in [0.1, 0.15) is 12.0 Å². The number of esters is 1. The minimum absolute atomic E-state index is 0.0522. The molecule has 6 unspecified atom stereocenters. The SMILES string of the molecule is O=C(O)C1CCCC([N+](=O)[O-])C1C(=O)OC1CCC(OC2CCC(C3CCC(OC4CCC(OOCC5C(COO)CCCC5[N+](=O)[O-])CC4)CC3)CC2)CC1. The second-order valence-electron chi connectivity index (χ2n) is 17.7. The number of carbonyl (C=O) groups is 2. The molecule has 0 aromatic heterocycles. The van der Waals surface area contributed by atoms with Crippen LogP contribution in [-0.4, -0.2) is 94.1 Å². The lowest BCUT2D eigenvalue weighted by atomic mass is 9.72. The fourth-order valence-corrected chi connectivity index (χ4v) is 11.1. The molecule has 0 heterocycles. The van der Waals surface area contributed by atoms with Crippen LogP contribution >= 0.6 is 0 Å². The first-order chi connectivity index (χ1) is 27.1. The van der Waals surface area contributed by atoms with Crippen LogP contribution in [0.4, 0.5) is 0 Å². The number of carboxylic acid groups (broad SMARTS) is 1. The molecule has 6 rings (SSSR count). The van der Waals surface area contributed by atoms with Gasteiger partial charge in [0.15, 0.2) is 0 Å². The van der Waals surface area contributed by atoms with Crippen molar-refractivity contribution in [2.45, 2.75) is 190 Å². The maximum atomic E-state index is 13.0. The first kappa shape index (κ1) is 43.1. The highest BCUT2D eigenvalue weighted by Crippen LogP contribution is 2.42. The first-order valence-corrected chi connectivity index (χ1v) is 21.6. The van der Waals surface area contributed by atoms with Crippen LogP contribution < -0.4 is 0 Å². The Morgan fingerprint density at radius 1 is 0.571 bits per heavy atom. The average Bonchev–Trinajstić information content (AvgIpc) is 3.20. The zero-order valence-corrected chi connectivity index (χ0v) is 32.7. The highest BCUT2D eigenvalue weighted by Gasteiger charge is 2.50. The van der Waals surface area contributed by atoms with E-state index in [1.54, 1.807) is 0 Å². The van der Waals surface area contributed by atoms with E-state index in [9.17, 15) is 34.9 Å². The first-order valence-electron chi connectivity index (χ1n) is 21.6. The van der Waals surface area contributed by atoms with Gasteiger partial charge < -0.3 is 19.3 Å². The van der Waals surface area contributed by atoms with Gasteiger partial charge in [0, 0.05) is 22.7 Å². The number of aliphatic carboxylic acids is 1. The summed E-state index contributed by atoms with van der Waals surface area (Å²) in [4.78, 5) is 62.9. The molecule has 16 nitrogen and oxygen atoms in total. The van der Waals surface area contributed by atoms with Crippen molar-refractivity contribution in [3.8, 4) is 0 Å². The van der Waals surface area contributed by atoms with Crippen LogP contribution in [0.25, 0.3) is 0 Å². The van der Waals surface area contributed by atoms with Crippen LogP contribution in [-0.2, 0) is 38.5 Å². The highest BCUT2D eigenvalue weighted by atomic mass is 17.2. The molecule has 0 radical (unpaired) electrons. The van der Waals surface area contributed by atoms with Gasteiger partial charge in [-0.3, -0.25) is 35.1 Å². The Bertz CT molecular complexity index is 1250. The molecule has 6 atom stereocenters. The van der Waals surface area contributed by atoms with Crippen LogP contribution in [0, 0.1) is 55.7 Å². The summed E-state index contributed by atoms with van der Waals surface area (Å²) in [6.07, 6.45) is 18.5. The average molecular weight is 797 g/mol. The number of hydrogen-bond acceptors (Lipinski definition) is 13. The van der Waals surface area contributed by atoms with Crippen molar-refractivity contribution in [3.05, 3.63) is 20.2 Å². The quantitative estimate of drug-likeness (QED) is 0.0700. The van der Waals surface area contributed by atoms with E-state index in [0.717, 1.165) is 88.9 Å². The molecule has 0 aromatic rings. The largest absolute Gasteiger partial charge is 0.481 e. The Kier molecular flexibility index (Phi) is 16.1. The van der Waals surface area contributed by atoms with Gasteiger partial charge in [-0.25, -0.2) is 14.7 Å². The molecule has 318 valence electrons. The predicted octanol–water partition coefficient (Wildman–Crippen LogP) is 6.95. The van der Waals surface area contributed by atoms with Crippen LogP contribution in [0.15, 0.2) is 0 Å². The normalized spacial score (nSPS) is 39.7. The maximum absolute atomic E-state index is 13.0. The van der Waals surface area contributed by atoms with Crippen LogP contribution in [0.3, 0.4) is 0 Å². The van der Waals surface area contributed by atoms with Crippen LogP contribution in [0.1, 0.15) is 141 Å². The van der Waals surface area contributed by atoms with Gasteiger partial charge >= 0.3 is 11.9 Å². The molecular formula is C40H64N2O14. The van der Waals surface area contributed by atoms with Crippen molar-refractivity contribution in [1.82, 2.24) is 0 Å². The molecular weight excluding hydrogens is 732 g/mol. The summed E-state index contributed by atoms with van der Waals surface area (Å²) in [5.74, 6) is -3.28. The monoisotopic (exact) mass is 796 g/mol. The van der Waals surface area contributed by atoms with E-state index in [-0.39, 0.29) is 73.3 Å². The third-order valence-corrected chi connectivity index (χ3v) is 14.3. The van der Waals surface area contributed by atoms with Gasteiger partial charge in [-0.15, -0.1) is 0 Å². The van der Waals surface area contributed by atoms with Gasteiger partial charge in [-0.2, -0.15) is 0 Å². The molecule has 0 aliphatic heterocycles. The van der Waals surface area contributed by atoms with Crippen LogP contribution in [0.5, 0.6) is 0 Å². The Morgan fingerprint density at radius 2 is 1.04 bits per heavy atom.